The van der Waals surface area contributed by atoms with Gasteiger partial charge in [0.05, 0.1) is 52.4 Å². The maximum Gasteiger partial charge on any atom is 0.280 e. The Kier molecular flexibility index (Phi) is 14.6. The van der Waals surface area contributed by atoms with E-state index in [0.717, 1.165) is 16.7 Å². The minimum Gasteiger partial charge on any atom is -0.497 e. The van der Waals surface area contributed by atoms with Gasteiger partial charge in [0.25, 0.3) is 14.1 Å². The Labute approximate surface area is 351 Å². The number of rotatable bonds is 18. The Morgan fingerprint density at radius 1 is 0.983 bits per heavy atom. The zero-order valence-electron chi connectivity index (χ0n) is 35.3. The molecular weight excluding hydrogens is 786 g/mol. The van der Waals surface area contributed by atoms with Crippen LogP contribution in [0.15, 0.2) is 95.0 Å². The maximum absolute atomic E-state index is 13.3. The summed E-state index contributed by atoms with van der Waals surface area (Å²) in [4.78, 5) is 31.0. The molecule has 5 aromatic rings. The average Bonchev–Trinajstić information content (AvgIpc) is 3.86. The molecule has 17 heteroatoms. The van der Waals surface area contributed by atoms with E-state index in [-0.39, 0.29) is 54.8 Å². The highest BCUT2D eigenvalue weighted by Crippen LogP contribution is 2.49. The predicted octanol–water partition coefficient (Wildman–Crippen LogP) is 6.60. The lowest BCUT2D eigenvalue weighted by atomic mass is 9.79. The zero-order valence-corrected chi connectivity index (χ0v) is 36.2. The summed E-state index contributed by atoms with van der Waals surface area (Å²) in [5.74, 6) is 1.57. The fourth-order valence-electron chi connectivity index (χ4n) is 7.24. The van der Waals surface area contributed by atoms with Crippen LogP contribution in [-0.4, -0.2) is 101 Å². The van der Waals surface area contributed by atoms with Crippen LogP contribution in [0.1, 0.15) is 63.5 Å². The Balaban J connectivity index is 1.49. The van der Waals surface area contributed by atoms with Crippen molar-refractivity contribution in [3.05, 3.63) is 112 Å². The Morgan fingerprint density at radius 3 is 2.13 bits per heavy atom. The van der Waals surface area contributed by atoms with Gasteiger partial charge in [-0.1, -0.05) is 54.6 Å². The molecule has 0 saturated carbocycles. The van der Waals surface area contributed by atoms with E-state index in [1.807, 2.05) is 78.9 Å². The molecule has 1 aliphatic rings. The number of hydrogen-bond acceptors (Lipinski definition) is 12. The normalized spacial score (nSPS) is 17.7. The lowest BCUT2D eigenvalue weighted by Crippen LogP contribution is -2.41. The van der Waals surface area contributed by atoms with Gasteiger partial charge in [-0.3, -0.25) is 14.3 Å². The second-order valence-electron chi connectivity index (χ2n) is 14.9. The third-order valence-corrected chi connectivity index (χ3v) is 12.2. The van der Waals surface area contributed by atoms with Gasteiger partial charge in [0.15, 0.2) is 17.1 Å². The number of nitrogens with two attached hydrogens (primary N) is 1. The number of benzene rings is 3. The number of nitriles is 1. The van der Waals surface area contributed by atoms with Crippen LogP contribution in [0.5, 0.6) is 11.5 Å². The molecule has 3 N–H and O–H groups in total. The van der Waals surface area contributed by atoms with Gasteiger partial charge in [0.2, 0.25) is 5.95 Å². The average molecular weight is 840 g/mol. The number of methoxy groups -OCH3 is 2. The number of nitrogens with zero attached hydrogens (tertiary/aromatic N) is 7. The number of hydrogen-bond donors (Lipinski definition) is 2. The quantitative estimate of drug-likeness (QED) is 0.0316. The molecular formula is C43H54N9O7P. The summed E-state index contributed by atoms with van der Waals surface area (Å²) >= 11 is 0. The lowest BCUT2D eigenvalue weighted by molar-refractivity contribution is -0.0968. The van der Waals surface area contributed by atoms with Crippen LogP contribution >= 0.6 is 8.53 Å². The van der Waals surface area contributed by atoms with E-state index < -0.39 is 38.1 Å². The molecule has 3 aromatic carbocycles. The van der Waals surface area contributed by atoms with Gasteiger partial charge in [0, 0.05) is 32.6 Å². The van der Waals surface area contributed by atoms with Gasteiger partial charge in [-0.05, 0) is 68.7 Å². The first-order valence-corrected chi connectivity index (χ1v) is 20.9. The molecule has 3 heterocycles. The number of aromatic amines is 1. The van der Waals surface area contributed by atoms with Crippen molar-refractivity contribution in [2.24, 2.45) is 10.7 Å². The van der Waals surface area contributed by atoms with Gasteiger partial charge in [0.1, 0.15) is 29.4 Å². The largest absolute Gasteiger partial charge is 0.497 e. The predicted molar refractivity (Wildman–Crippen MR) is 230 cm³/mol. The first kappa shape index (κ1) is 44.2. The fraction of sp³-hybridized carbons (Fsp3) is 0.419. The second-order valence-corrected chi connectivity index (χ2v) is 16.4. The highest BCUT2D eigenvalue weighted by Gasteiger charge is 2.47. The molecule has 16 nitrogen and oxygen atoms in total. The van der Waals surface area contributed by atoms with Crippen LogP contribution in [0.25, 0.3) is 11.2 Å². The molecule has 0 spiro atoms. The first-order valence-electron chi connectivity index (χ1n) is 19.8. The topological polar surface area (TPSA) is 188 Å². The number of guanidine groups is 1. The van der Waals surface area contributed by atoms with E-state index in [1.54, 1.807) is 37.8 Å². The number of aromatic nitrogens is 4. The van der Waals surface area contributed by atoms with Gasteiger partial charge in [-0.2, -0.15) is 15.2 Å². The summed E-state index contributed by atoms with van der Waals surface area (Å²) in [5, 5.41) is 9.34. The van der Waals surface area contributed by atoms with E-state index in [2.05, 4.69) is 58.4 Å². The molecule has 60 heavy (non-hydrogen) atoms. The lowest BCUT2D eigenvalue weighted by Gasteiger charge is -2.40. The zero-order chi connectivity index (χ0) is 43.0. The highest BCUT2D eigenvalue weighted by atomic mass is 31.2. The molecule has 1 unspecified atom stereocenters. The maximum atomic E-state index is 13.3. The van der Waals surface area contributed by atoms with Gasteiger partial charge in [-0.25, -0.2) is 9.65 Å². The van der Waals surface area contributed by atoms with Crippen molar-refractivity contribution >= 4 is 31.6 Å². The standard InChI is InChI=1S/C43H54N9O7P/c1-28(2)52(29(3)4)60(56-24-12-23-44)57-26-36-35(25-37(58-36)51-27-46-38-39(51)47-42(48-40(38)53)49-41(45)50(5)6)59-43(30-13-10-9-11-14-30,31-15-19-33(54-7)20-16-31)32-17-21-34(55-8)22-18-32/h9-11,13-22,27-29,35-37H,12,24-26H2,1-8H3,(H3,45,47,48,49,53)/t35-,36+,37+,60?/m0/s1. The number of H-pyrrole nitrogens is 1. The van der Waals surface area contributed by atoms with Crippen molar-refractivity contribution in [2.45, 2.75) is 76.7 Å². The van der Waals surface area contributed by atoms with Gasteiger partial charge in [-0.15, -0.1) is 0 Å². The molecule has 4 atom stereocenters. The van der Waals surface area contributed by atoms with Gasteiger partial charge < -0.3 is 38.6 Å². The summed E-state index contributed by atoms with van der Waals surface area (Å²) < 4.78 is 42.6. The molecule has 0 radical (unpaired) electrons. The summed E-state index contributed by atoms with van der Waals surface area (Å²) in [6, 6.07) is 28.0. The van der Waals surface area contributed by atoms with Crippen molar-refractivity contribution in [1.29, 1.82) is 5.26 Å². The summed E-state index contributed by atoms with van der Waals surface area (Å²) in [6.45, 7) is 8.62. The van der Waals surface area contributed by atoms with Crippen LogP contribution in [0.3, 0.4) is 0 Å². The molecule has 6 rings (SSSR count). The number of aliphatic imine (C=N–C) groups is 1. The molecule has 1 saturated heterocycles. The van der Waals surface area contributed by atoms with Crippen LogP contribution < -0.4 is 20.8 Å². The van der Waals surface area contributed by atoms with Crippen molar-refractivity contribution in [1.82, 2.24) is 29.1 Å². The minimum absolute atomic E-state index is 0.0239. The molecule has 318 valence electrons. The molecule has 0 aliphatic carbocycles. The van der Waals surface area contributed by atoms with E-state index in [1.165, 1.54) is 6.33 Å². The third-order valence-electron chi connectivity index (χ3n) is 10.1. The van der Waals surface area contributed by atoms with Crippen molar-refractivity contribution in [3.63, 3.8) is 0 Å². The van der Waals surface area contributed by atoms with Crippen LogP contribution in [0.4, 0.5) is 5.95 Å². The minimum atomic E-state index is -1.62. The Hall–Kier alpha value is -5.40. The fourth-order valence-corrected chi connectivity index (χ4v) is 8.86. The number of imidazole rings is 1. The van der Waals surface area contributed by atoms with E-state index >= 15 is 0 Å². The third kappa shape index (κ3) is 9.63. The summed E-state index contributed by atoms with van der Waals surface area (Å²) in [7, 11) is 5.12. The number of ether oxygens (including phenoxy) is 4. The first-order chi connectivity index (χ1) is 28.9. The van der Waals surface area contributed by atoms with E-state index in [4.69, 9.17) is 33.7 Å². The van der Waals surface area contributed by atoms with Crippen LogP contribution in [0.2, 0.25) is 0 Å². The summed E-state index contributed by atoms with van der Waals surface area (Å²) in [5.41, 5.74) is 7.39. The number of fused-ring (bicyclic) bond motifs is 1. The Bertz CT molecular complexity index is 2240. The van der Waals surface area contributed by atoms with Crippen LogP contribution in [0, 0.1) is 11.3 Å². The van der Waals surface area contributed by atoms with Crippen molar-refractivity contribution < 1.29 is 28.0 Å². The van der Waals surface area contributed by atoms with E-state index in [0.29, 0.717) is 17.9 Å². The van der Waals surface area contributed by atoms with Crippen molar-refractivity contribution in [3.8, 4) is 17.6 Å². The SMILES string of the molecule is COc1ccc(C(O[C@H]2C[C@H](n3cnc4c(=O)[nH]c(/N=C(\N)N(C)C)nc43)O[C@@H]2COP(OCCC#N)N(C(C)C)C(C)C)(c2ccccc2)c2ccc(OC)cc2)cc1. The second kappa shape index (κ2) is 19.8. The number of nitrogens with one attached hydrogen (secondary N) is 1. The summed E-state index contributed by atoms with van der Waals surface area (Å²) in [6.07, 6.45) is 0.0384. The molecule has 1 aliphatic heterocycles. The smallest absolute Gasteiger partial charge is 0.280 e. The molecule has 0 amide bonds. The van der Waals surface area contributed by atoms with Crippen LogP contribution in [-0.2, 0) is 24.1 Å². The van der Waals surface area contributed by atoms with Crippen molar-refractivity contribution in [2.75, 3.05) is 41.5 Å². The highest BCUT2D eigenvalue weighted by molar-refractivity contribution is 7.44. The van der Waals surface area contributed by atoms with E-state index in [9.17, 15) is 10.1 Å². The molecule has 0 bridgehead atoms. The molecule has 2 aromatic heterocycles. The molecule has 1 fully saturated rings. The monoisotopic (exact) mass is 839 g/mol. The Morgan fingerprint density at radius 2 is 1.58 bits per heavy atom. The van der Waals surface area contributed by atoms with Gasteiger partial charge >= 0.3 is 0 Å².